The van der Waals surface area contributed by atoms with Crippen LogP contribution in [0.25, 0.3) is 0 Å². The summed E-state index contributed by atoms with van der Waals surface area (Å²) in [7, 11) is 1.80. The Kier molecular flexibility index (Phi) is 5.56. The summed E-state index contributed by atoms with van der Waals surface area (Å²) in [6, 6.07) is 4.15. The number of alkyl halides is 3. The summed E-state index contributed by atoms with van der Waals surface area (Å²) in [6.07, 6.45) is -3.34. The Balaban J connectivity index is 3.12. The maximum atomic E-state index is 13.0. The summed E-state index contributed by atoms with van der Waals surface area (Å²) >= 11 is 0. The summed E-state index contributed by atoms with van der Waals surface area (Å²) < 4.78 is 38.9. The highest BCUT2D eigenvalue weighted by atomic mass is 19.4. The second-order valence-corrected chi connectivity index (χ2v) is 4.75. The van der Waals surface area contributed by atoms with Crippen molar-refractivity contribution in [3.63, 3.8) is 0 Å². The first-order valence-corrected chi connectivity index (χ1v) is 6.39. The number of para-hydroxylation sites is 1. The van der Waals surface area contributed by atoms with Crippen LogP contribution in [0.1, 0.15) is 31.4 Å². The fourth-order valence-electron chi connectivity index (χ4n) is 1.88. The van der Waals surface area contributed by atoms with Crippen LogP contribution in [0.4, 0.5) is 18.9 Å². The lowest BCUT2D eigenvalue weighted by molar-refractivity contribution is -0.137. The van der Waals surface area contributed by atoms with E-state index >= 15 is 0 Å². The number of aryl methyl sites for hydroxylation is 1. The van der Waals surface area contributed by atoms with Crippen LogP contribution < -0.4 is 10.6 Å². The van der Waals surface area contributed by atoms with Gasteiger partial charge in [-0.05, 0) is 38.4 Å². The zero-order valence-corrected chi connectivity index (χ0v) is 11.8. The third kappa shape index (κ3) is 4.52. The van der Waals surface area contributed by atoms with Gasteiger partial charge in [-0.25, -0.2) is 0 Å². The summed E-state index contributed by atoms with van der Waals surface area (Å²) in [5.41, 5.74) is -0.435. The van der Waals surface area contributed by atoms with Crippen LogP contribution in [-0.4, -0.2) is 19.0 Å². The van der Waals surface area contributed by atoms with Crippen molar-refractivity contribution < 1.29 is 18.0 Å². The van der Waals surface area contributed by atoms with Crippen molar-refractivity contribution in [2.45, 2.75) is 38.9 Å². The number of nitrogens with one attached hydrogen (secondary N) is 2. The lowest BCUT2D eigenvalue weighted by Gasteiger charge is -2.18. The van der Waals surface area contributed by atoms with Crippen LogP contribution in [0.3, 0.4) is 0 Å². The number of hydrogen-bond donors (Lipinski definition) is 2. The number of carbonyl (C=O) groups is 1. The van der Waals surface area contributed by atoms with Crippen molar-refractivity contribution in [3.8, 4) is 0 Å². The largest absolute Gasteiger partial charge is 0.418 e. The van der Waals surface area contributed by atoms with Crippen molar-refractivity contribution >= 4 is 11.6 Å². The van der Waals surface area contributed by atoms with Gasteiger partial charge in [-0.2, -0.15) is 13.2 Å². The normalized spacial score (nSPS) is 13.1. The van der Waals surface area contributed by atoms with E-state index in [9.17, 15) is 18.0 Å². The Morgan fingerprint density at radius 2 is 2.00 bits per heavy atom. The molecule has 1 atom stereocenters. The predicted molar refractivity (Wildman–Crippen MR) is 72.6 cm³/mol. The van der Waals surface area contributed by atoms with E-state index in [4.69, 9.17) is 0 Å². The van der Waals surface area contributed by atoms with Gasteiger partial charge in [0.15, 0.2) is 0 Å². The van der Waals surface area contributed by atoms with E-state index < -0.39 is 17.6 Å². The Morgan fingerprint density at radius 1 is 1.35 bits per heavy atom. The molecule has 6 heteroatoms. The average molecular weight is 288 g/mol. The van der Waals surface area contributed by atoms with Crippen LogP contribution in [0.15, 0.2) is 18.2 Å². The highest BCUT2D eigenvalue weighted by Gasteiger charge is 2.34. The highest BCUT2D eigenvalue weighted by Crippen LogP contribution is 2.37. The molecule has 1 rings (SSSR count). The Morgan fingerprint density at radius 3 is 2.50 bits per heavy atom. The number of hydrogen-bond acceptors (Lipinski definition) is 2. The van der Waals surface area contributed by atoms with Gasteiger partial charge in [0.2, 0.25) is 5.91 Å². The molecule has 20 heavy (non-hydrogen) atoms. The molecule has 0 fully saturated rings. The molecule has 1 aromatic carbocycles. The number of rotatable bonds is 5. The molecular formula is C14H19F3N2O. The minimum Gasteiger partial charge on any atom is -0.326 e. The van der Waals surface area contributed by atoms with E-state index in [1.807, 2.05) is 6.92 Å². The summed E-state index contributed by atoms with van der Waals surface area (Å²) in [6.45, 7) is 3.15. The van der Waals surface area contributed by atoms with Gasteiger partial charge in [0.25, 0.3) is 0 Å². The number of amides is 1. The molecule has 0 bridgehead atoms. The van der Waals surface area contributed by atoms with Crippen molar-refractivity contribution in [2.24, 2.45) is 0 Å². The smallest absolute Gasteiger partial charge is 0.326 e. The topological polar surface area (TPSA) is 41.1 Å². The van der Waals surface area contributed by atoms with Gasteiger partial charge in [0.1, 0.15) is 0 Å². The van der Waals surface area contributed by atoms with Crippen molar-refractivity contribution in [1.29, 1.82) is 0 Å². The minimum absolute atomic E-state index is 0.129. The van der Waals surface area contributed by atoms with Gasteiger partial charge in [-0.15, -0.1) is 0 Å². The predicted octanol–water partition coefficient (Wildman–Crippen LogP) is 3.20. The van der Waals surface area contributed by atoms with Gasteiger partial charge in [-0.3, -0.25) is 4.79 Å². The van der Waals surface area contributed by atoms with Gasteiger partial charge in [0, 0.05) is 13.0 Å². The van der Waals surface area contributed by atoms with Crippen molar-refractivity contribution in [1.82, 2.24) is 5.32 Å². The first-order chi connectivity index (χ1) is 9.25. The van der Waals surface area contributed by atoms with Crippen molar-refractivity contribution in [3.05, 3.63) is 29.3 Å². The molecule has 112 valence electrons. The SMILES string of the molecule is CNC(C)CCc1cccc(C(F)(F)F)c1NC(C)=O. The van der Waals surface area contributed by atoms with Crippen molar-refractivity contribution in [2.75, 3.05) is 12.4 Å². The standard InChI is InChI=1S/C14H19F3N2O/c1-9(18-3)7-8-11-5-4-6-12(14(15,16)17)13(11)19-10(2)20/h4-6,9,18H,7-8H2,1-3H3,(H,19,20). The maximum Gasteiger partial charge on any atom is 0.418 e. The molecule has 0 heterocycles. The summed E-state index contributed by atoms with van der Waals surface area (Å²) in [5, 5.41) is 5.34. The molecule has 0 saturated heterocycles. The van der Waals surface area contributed by atoms with Crippen LogP contribution in [-0.2, 0) is 17.4 Å². The molecule has 0 aliphatic carbocycles. The number of carbonyl (C=O) groups excluding carboxylic acids is 1. The van der Waals surface area contributed by atoms with E-state index in [-0.39, 0.29) is 11.7 Å². The third-order valence-corrected chi connectivity index (χ3v) is 3.10. The molecule has 0 saturated carbocycles. The molecule has 0 aromatic heterocycles. The lowest BCUT2D eigenvalue weighted by atomic mass is 10.0. The number of anilines is 1. The molecule has 1 amide bonds. The number of benzene rings is 1. The molecule has 2 N–H and O–H groups in total. The zero-order valence-electron chi connectivity index (χ0n) is 11.8. The van der Waals surface area contributed by atoms with E-state index in [1.165, 1.54) is 13.0 Å². The van der Waals surface area contributed by atoms with Crippen LogP contribution in [0, 0.1) is 0 Å². The molecular weight excluding hydrogens is 269 g/mol. The van der Waals surface area contributed by atoms with E-state index in [1.54, 1.807) is 13.1 Å². The highest BCUT2D eigenvalue weighted by molar-refractivity contribution is 5.90. The molecule has 0 radical (unpaired) electrons. The molecule has 1 unspecified atom stereocenters. The van der Waals surface area contributed by atoms with E-state index in [0.717, 1.165) is 6.07 Å². The Bertz CT molecular complexity index is 472. The molecule has 1 aromatic rings. The molecule has 0 aliphatic rings. The van der Waals surface area contributed by atoms with Gasteiger partial charge in [-0.1, -0.05) is 12.1 Å². The first kappa shape index (κ1) is 16.5. The monoisotopic (exact) mass is 288 g/mol. The fourth-order valence-corrected chi connectivity index (χ4v) is 1.88. The number of halogens is 3. The Hall–Kier alpha value is -1.56. The van der Waals surface area contributed by atoms with E-state index in [0.29, 0.717) is 18.4 Å². The van der Waals surface area contributed by atoms with Gasteiger partial charge >= 0.3 is 6.18 Å². The average Bonchev–Trinajstić information content (AvgIpc) is 2.34. The lowest BCUT2D eigenvalue weighted by Crippen LogP contribution is -2.22. The minimum atomic E-state index is -4.48. The Labute approximate surface area is 116 Å². The third-order valence-electron chi connectivity index (χ3n) is 3.10. The van der Waals surface area contributed by atoms with Gasteiger partial charge in [0.05, 0.1) is 11.3 Å². The molecule has 0 aliphatic heterocycles. The molecule has 3 nitrogen and oxygen atoms in total. The van der Waals surface area contributed by atoms with Gasteiger partial charge < -0.3 is 10.6 Å². The van der Waals surface area contributed by atoms with Crippen LogP contribution in [0.5, 0.6) is 0 Å². The fraction of sp³-hybridized carbons (Fsp3) is 0.500. The second kappa shape index (κ2) is 6.74. The maximum absolute atomic E-state index is 13.0. The van der Waals surface area contributed by atoms with Crippen LogP contribution >= 0.6 is 0 Å². The van der Waals surface area contributed by atoms with Crippen LogP contribution in [0.2, 0.25) is 0 Å². The zero-order chi connectivity index (χ0) is 15.3. The molecule has 0 spiro atoms. The van der Waals surface area contributed by atoms with E-state index in [2.05, 4.69) is 10.6 Å². The summed E-state index contributed by atoms with van der Waals surface area (Å²) in [4.78, 5) is 11.1. The quantitative estimate of drug-likeness (QED) is 0.873. The second-order valence-electron chi connectivity index (χ2n) is 4.75. The summed E-state index contributed by atoms with van der Waals surface area (Å²) in [5.74, 6) is -0.510. The first-order valence-electron chi connectivity index (χ1n) is 6.39.